The SMILES string of the molecule is O=C(O)c1cc(NS(=O)(=O)c2ccc(N3CCCC3=O)cc2)cc2c1OCCO2. The minimum Gasteiger partial charge on any atom is -0.486 e. The molecule has 2 aromatic rings. The van der Waals surface area contributed by atoms with Gasteiger partial charge in [0.05, 0.1) is 10.6 Å². The Morgan fingerprint density at radius 3 is 2.48 bits per heavy atom. The lowest BCUT2D eigenvalue weighted by atomic mass is 10.1. The zero-order chi connectivity index (χ0) is 20.6. The summed E-state index contributed by atoms with van der Waals surface area (Å²) >= 11 is 0. The smallest absolute Gasteiger partial charge is 0.339 e. The second-order valence-electron chi connectivity index (χ2n) is 6.60. The molecule has 1 amide bonds. The number of hydrogen-bond donors (Lipinski definition) is 2. The van der Waals surface area contributed by atoms with E-state index in [0.29, 0.717) is 18.7 Å². The van der Waals surface area contributed by atoms with Gasteiger partial charge in [-0.3, -0.25) is 9.52 Å². The van der Waals surface area contributed by atoms with E-state index < -0.39 is 16.0 Å². The van der Waals surface area contributed by atoms with Gasteiger partial charge in [0.1, 0.15) is 18.8 Å². The van der Waals surface area contributed by atoms with Crippen LogP contribution >= 0.6 is 0 Å². The second kappa shape index (κ2) is 7.28. The molecule has 9 nitrogen and oxygen atoms in total. The summed E-state index contributed by atoms with van der Waals surface area (Å²) < 4.78 is 38.6. The van der Waals surface area contributed by atoms with E-state index >= 15 is 0 Å². The van der Waals surface area contributed by atoms with E-state index in [0.717, 1.165) is 6.42 Å². The maximum absolute atomic E-state index is 12.7. The van der Waals surface area contributed by atoms with Crippen molar-refractivity contribution >= 4 is 33.3 Å². The third kappa shape index (κ3) is 3.70. The molecule has 2 aliphatic heterocycles. The highest BCUT2D eigenvalue weighted by atomic mass is 32.2. The van der Waals surface area contributed by atoms with E-state index in [2.05, 4.69) is 4.72 Å². The zero-order valence-corrected chi connectivity index (χ0v) is 16.1. The monoisotopic (exact) mass is 418 g/mol. The lowest BCUT2D eigenvalue weighted by molar-refractivity contribution is -0.117. The number of anilines is 2. The molecule has 29 heavy (non-hydrogen) atoms. The second-order valence-corrected chi connectivity index (χ2v) is 8.28. The van der Waals surface area contributed by atoms with E-state index in [-0.39, 0.29) is 46.8 Å². The van der Waals surface area contributed by atoms with E-state index in [4.69, 9.17) is 9.47 Å². The van der Waals surface area contributed by atoms with Gasteiger partial charge in [0, 0.05) is 24.7 Å². The maximum atomic E-state index is 12.7. The molecule has 1 saturated heterocycles. The van der Waals surface area contributed by atoms with Crippen LogP contribution < -0.4 is 19.1 Å². The van der Waals surface area contributed by atoms with Crippen LogP contribution in [0.5, 0.6) is 11.5 Å². The van der Waals surface area contributed by atoms with E-state index in [9.17, 15) is 23.1 Å². The summed E-state index contributed by atoms with van der Waals surface area (Å²) in [5.74, 6) is -1.01. The van der Waals surface area contributed by atoms with Gasteiger partial charge in [0.2, 0.25) is 5.91 Å². The zero-order valence-electron chi connectivity index (χ0n) is 15.3. The third-order valence-electron chi connectivity index (χ3n) is 4.66. The summed E-state index contributed by atoms with van der Waals surface area (Å²) in [5, 5.41) is 9.39. The summed E-state index contributed by atoms with van der Waals surface area (Å²) in [6.07, 6.45) is 1.26. The molecule has 2 aromatic carbocycles. The van der Waals surface area contributed by atoms with E-state index in [1.807, 2.05) is 0 Å². The van der Waals surface area contributed by atoms with Crippen molar-refractivity contribution in [2.75, 3.05) is 29.4 Å². The van der Waals surface area contributed by atoms with Crippen LogP contribution in [0.4, 0.5) is 11.4 Å². The number of sulfonamides is 1. The van der Waals surface area contributed by atoms with Gasteiger partial charge in [0.15, 0.2) is 11.5 Å². The van der Waals surface area contributed by atoms with Crippen LogP contribution in [0.1, 0.15) is 23.2 Å². The topological polar surface area (TPSA) is 122 Å². The fourth-order valence-electron chi connectivity index (χ4n) is 3.31. The summed E-state index contributed by atoms with van der Waals surface area (Å²) in [6, 6.07) is 8.52. The quantitative estimate of drug-likeness (QED) is 0.762. The van der Waals surface area contributed by atoms with Crippen molar-refractivity contribution in [3.8, 4) is 11.5 Å². The molecule has 0 aromatic heterocycles. The van der Waals surface area contributed by atoms with Crippen LogP contribution in [-0.2, 0) is 14.8 Å². The lowest BCUT2D eigenvalue weighted by Gasteiger charge is -2.21. The van der Waals surface area contributed by atoms with Crippen molar-refractivity contribution in [3.05, 3.63) is 42.0 Å². The third-order valence-corrected chi connectivity index (χ3v) is 6.05. The van der Waals surface area contributed by atoms with Crippen molar-refractivity contribution in [3.63, 3.8) is 0 Å². The summed E-state index contributed by atoms with van der Waals surface area (Å²) in [5.41, 5.74) is 0.493. The van der Waals surface area contributed by atoms with Crippen molar-refractivity contribution in [2.45, 2.75) is 17.7 Å². The fourth-order valence-corrected chi connectivity index (χ4v) is 4.35. The Kier molecular flexibility index (Phi) is 4.79. The standard InChI is InChI=1S/C19H18N2O7S/c22-17-2-1-7-21(17)13-3-5-14(6-4-13)29(25,26)20-12-10-15(19(23)24)18-16(11-12)27-8-9-28-18/h3-6,10-11,20H,1-2,7-9H2,(H,23,24). The number of carbonyl (C=O) groups excluding carboxylic acids is 1. The van der Waals surface area contributed by atoms with Crippen molar-refractivity contribution in [1.29, 1.82) is 0 Å². The van der Waals surface area contributed by atoms with Crippen molar-refractivity contribution < 1.29 is 32.6 Å². The molecule has 0 atom stereocenters. The molecule has 10 heteroatoms. The molecule has 2 heterocycles. The summed E-state index contributed by atoms with van der Waals surface area (Å²) in [6.45, 7) is 1.06. The van der Waals surface area contributed by atoms with Crippen LogP contribution in [-0.4, -0.2) is 45.2 Å². The highest BCUT2D eigenvalue weighted by Crippen LogP contribution is 2.37. The normalized spacial score (nSPS) is 16.0. The number of benzene rings is 2. The number of nitrogens with one attached hydrogen (secondary N) is 1. The first-order valence-corrected chi connectivity index (χ1v) is 10.4. The number of ether oxygens (including phenoxy) is 2. The van der Waals surface area contributed by atoms with Gasteiger partial charge in [-0.15, -0.1) is 0 Å². The number of aromatic carboxylic acids is 1. The number of rotatable bonds is 5. The van der Waals surface area contributed by atoms with Gasteiger partial charge in [-0.25, -0.2) is 13.2 Å². The number of hydrogen-bond acceptors (Lipinski definition) is 6. The van der Waals surface area contributed by atoms with E-state index in [1.165, 1.54) is 24.3 Å². The Morgan fingerprint density at radius 1 is 1.10 bits per heavy atom. The fraction of sp³-hybridized carbons (Fsp3) is 0.263. The van der Waals surface area contributed by atoms with Gasteiger partial charge in [-0.2, -0.15) is 0 Å². The van der Waals surface area contributed by atoms with Crippen LogP contribution in [0.25, 0.3) is 0 Å². The predicted molar refractivity (Wildman–Crippen MR) is 103 cm³/mol. The van der Waals surface area contributed by atoms with Crippen LogP contribution in [0.3, 0.4) is 0 Å². The molecular weight excluding hydrogens is 400 g/mol. The molecule has 152 valence electrons. The van der Waals surface area contributed by atoms with Crippen molar-refractivity contribution in [1.82, 2.24) is 0 Å². The molecule has 0 aliphatic carbocycles. The Bertz CT molecular complexity index is 1080. The predicted octanol–water partition coefficient (Wildman–Crippen LogP) is 2.08. The lowest BCUT2D eigenvalue weighted by Crippen LogP contribution is -2.23. The molecule has 4 rings (SSSR count). The Balaban J connectivity index is 1.61. The largest absolute Gasteiger partial charge is 0.486 e. The molecule has 0 unspecified atom stereocenters. The number of amides is 1. The van der Waals surface area contributed by atoms with Gasteiger partial charge in [-0.05, 0) is 36.8 Å². The van der Waals surface area contributed by atoms with Crippen molar-refractivity contribution in [2.24, 2.45) is 0 Å². The highest BCUT2D eigenvalue weighted by molar-refractivity contribution is 7.92. The van der Waals surface area contributed by atoms with Gasteiger partial charge in [0.25, 0.3) is 10.0 Å². The van der Waals surface area contributed by atoms with Crippen LogP contribution in [0, 0.1) is 0 Å². The average molecular weight is 418 g/mol. The highest BCUT2D eigenvalue weighted by Gasteiger charge is 2.25. The van der Waals surface area contributed by atoms with Gasteiger partial charge < -0.3 is 19.5 Å². The number of carboxylic acids is 1. The van der Waals surface area contributed by atoms with E-state index in [1.54, 1.807) is 17.0 Å². The average Bonchev–Trinajstić information content (AvgIpc) is 3.13. The Morgan fingerprint density at radius 2 is 1.83 bits per heavy atom. The van der Waals surface area contributed by atoms with Gasteiger partial charge >= 0.3 is 5.97 Å². The Hall–Kier alpha value is -3.27. The number of nitrogens with zero attached hydrogens (tertiary/aromatic N) is 1. The first-order valence-electron chi connectivity index (χ1n) is 8.95. The van der Waals surface area contributed by atoms with Crippen LogP contribution in [0.2, 0.25) is 0 Å². The summed E-state index contributed by atoms with van der Waals surface area (Å²) in [4.78, 5) is 24.9. The minimum absolute atomic E-state index is 0.0104. The number of carbonyl (C=O) groups is 2. The molecule has 0 spiro atoms. The molecule has 0 radical (unpaired) electrons. The first-order chi connectivity index (χ1) is 13.8. The maximum Gasteiger partial charge on any atom is 0.339 e. The molecular formula is C19H18N2O7S. The number of carboxylic acid groups (broad SMARTS) is 1. The first kappa shape index (κ1) is 19.1. The molecule has 1 fully saturated rings. The van der Waals surface area contributed by atoms with Crippen LogP contribution in [0.15, 0.2) is 41.3 Å². The summed E-state index contributed by atoms with van der Waals surface area (Å²) in [7, 11) is -3.98. The Labute approximate surface area is 166 Å². The number of fused-ring (bicyclic) bond motifs is 1. The molecule has 2 aliphatic rings. The van der Waals surface area contributed by atoms with Gasteiger partial charge in [-0.1, -0.05) is 0 Å². The molecule has 0 saturated carbocycles. The molecule has 2 N–H and O–H groups in total. The molecule has 0 bridgehead atoms. The minimum atomic E-state index is -3.98.